The Morgan fingerprint density at radius 2 is 1.67 bits per heavy atom. The molecule has 5 aliphatic rings. The number of hydrogen-bond acceptors (Lipinski definition) is 6. The lowest BCUT2D eigenvalue weighted by atomic mass is 9.51. The second-order valence-corrected chi connectivity index (χ2v) is 12.9. The zero-order chi connectivity index (χ0) is 27.6. The van der Waals surface area contributed by atoms with Gasteiger partial charge in [0, 0.05) is 11.8 Å². The Morgan fingerprint density at radius 3 is 2.38 bits per heavy atom. The SMILES string of the molecule is CCOC(=O)C1(C(=O)OCC)Cc2ccc([C@]3(O)CC[C@H]4[C@@H]5CCC6CC(O)=CC=C6[C@H]5CC[C@@]43C)cc2C1. The van der Waals surface area contributed by atoms with E-state index in [4.69, 9.17) is 9.47 Å². The van der Waals surface area contributed by atoms with Crippen molar-refractivity contribution in [3.05, 3.63) is 58.4 Å². The highest BCUT2D eigenvalue weighted by molar-refractivity contribution is 6.01. The molecule has 1 unspecified atom stereocenters. The molecular weight excluding hydrogens is 492 g/mol. The summed E-state index contributed by atoms with van der Waals surface area (Å²) < 4.78 is 10.7. The molecule has 3 saturated carbocycles. The third kappa shape index (κ3) is 3.84. The molecule has 6 rings (SSSR count). The predicted molar refractivity (Wildman–Crippen MR) is 147 cm³/mol. The monoisotopic (exact) mass is 534 g/mol. The maximum Gasteiger partial charge on any atom is 0.324 e. The highest BCUT2D eigenvalue weighted by Gasteiger charge is 2.63. The van der Waals surface area contributed by atoms with Crippen LogP contribution in [-0.4, -0.2) is 35.4 Å². The van der Waals surface area contributed by atoms with Crippen LogP contribution in [0, 0.1) is 34.5 Å². The number of aliphatic hydroxyl groups excluding tert-OH is 1. The van der Waals surface area contributed by atoms with Crippen LogP contribution in [0.4, 0.5) is 0 Å². The fraction of sp³-hybridized carbons (Fsp3) is 0.636. The molecule has 5 aliphatic carbocycles. The molecule has 3 fully saturated rings. The molecular formula is C33H42O6. The van der Waals surface area contributed by atoms with Gasteiger partial charge in [-0.25, -0.2) is 0 Å². The predicted octanol–water partition coefficient (Wildman–Crippen LogP) is 5.71. The minimum Gasteiger partial charge on any atom is -0.512 e. The average molecular weight is 535 g/mol. The summed E-state index contributed by atoms with van der Waals surface area (Å²) in [5, 5.41) is 22.6. The van der Waals surface area contributed by atoms with Crippen molar-refractivity contribution in [1.29, 1.82) is 0 Å². The van der Waals surface area contributed by atoms with E-state index in [1.54, 1.807) is 13.8 Å². The third-order valence-corrected chi connectivity index (χ3v) is 11.3. The quantitative estimate of drug-likeness (QED) is 0.371. The summed E-state index contributed by atoms with van der Waals surface area (Å²) in [6.45, 7) is 6.20. The number of esters is 2. The highest BCUT2D eigenvalue weighted by atomic mass is 16.6. The van der Waals surface area contributed by atoms with E-state index in [-0.39, 0.29) is 31.5 Å². The fourth-order valence-corrected chi connectivity index (χ4v) is 9.29. The maximum absolute atomic E-state index is 13.1. The van der Waals surface area contributed by atoms with Crippen molar-refractivity contribution in [1.82, 2.24) is 0 Å². The molecule has 0 bridgehead atoms. The lowest BCUT2D eigenvalue weighted by molar-refractivity contribution is -0.171. The standard InChI is InChI=1S/C33H42O6/c1-4-38-29(35)32(30(36)39-5-2)18-21-6-8-23(16-22(21)19-32)33(37)15-13-28-27-10-7-20-17-24(34)9-11-25(20)26(27)12-14-31(28,33)3/h6,8-9,11,16,20,26-28,34,37H,4-5,7,10,12-15,17-19H2,1-3H3/t20?,26-,27-,28+,31+,33-/m1/s1. The number of rotatable bonds is 5. The molecule has 39 heavy (non-hydrogen) atoms. The van der Waals surface area contributed by atoms with Gasteiger partial charge in [-0.2, -0.15) is 0 Å². The van der Waals surface area contributed by atoms with Crippen LogP contribution in [0.2, 0.25) is 0 Å². The van der Waals surface area contributed by atoms with Gasteiger partial charge < -0.3 is 19.7 Å². The van der Waals surface area contributed by atoms with E-state index in [2.05, 4.69) is 19.1 Å². The smallest absolute Gasteiger partial charge is 0.324 e. The molecule has 6 nitrogen and oxygen atoms in total. The van der Waals surface area contributed by atoms with Crippen molar-refractivity contribution in [2.75, 3.05) is 13.2 Å². The molecule has 6 atom stereocenters. The number of benzene rings is 1. The summed E-state index contributed by atoms with van der Waals surface area (Å²) in [6.07, 6.45) is 11.4. The molecule has 0 spiro atoms. The Bertz CT molecular complexity index is 1230. The first-order valence-electron chi connectivity index (χ1n) is 15.0. The van der Waals surface area contributed by atoms with Gasteiger partial charge in [-0.15, -0.1) is 0 Å². The van der Waals surface area contributed by atoms with Gasteiger partial charge in [-0.3, -0.25) is 9.59 Å². The molecule has 0 saturated heterocycles. The van der Waals surface area contributed by atoms with Gasteiger partial charge in [0.25, 0.3) is 0 Å². The summed E-state index contributed by atoms with van der Waals surface area (Å²) >= 11 is 0. The van der Waals surface area contributed by atoms with E-state index in [0.29, 0.717) is 29.4 Å². The Kier molecular flexibility index (Phi) is 6.48. The van der Waals surface area contributed by atoms with Gasteiger partial charge >= 0.3 is 11.9 Å². The topological polar surface area (TPSA) is 93.1 Å². The van der Waals surface area contributed by atoms with Crippen LogP contribution in [0.1, 0.15) is 82.4 Å². The second-order valence-electron chi connectivity index (χ2n) is 12.9. The zero-order valence-corrected chi connectivity index (χ0v) is 23.5. The minimum absolute atomic E-state index is 0.207. The molecule has 0 heterocycles. The number of carbonyl (C=O) groups excluding carboxylic acids is 2. The van der Waals surface area contributed by atoms with Crippen LogP contribution in [0.3, 0.4) is 0 Å². The Balaban J connectivity index is 1.29. The number of fused-ring (bicyclic) bond motifs is 6. The number of aliphatic hydroxyl groups is 2. The van der Waals surface area contributed by atoms with E-state index in [9.17, 15) is 19.8 Å². The molecule has 6 heteroatoms. The second kappa shape index (κ2) is 9.50. The van der Waals surface area contributed by atoms with Crippen LogP contribution in [0.15, 0.2) is 41.7 Å². The van der Waals surface area contributed by atoms with Crippen molar-refractivity contribution >= 4 is 11.9 Å². The largest absolute Gasteiger partial charge is 0.512 e. The first-order chi connectivity index (χ1) is 18.7. The Morgan fingerprint density at radius 1 is 0.949 bits per heavy atom. The van der Waals surface area contributed by atoms with E-state index in [1.807, 2.05) is 18.2 Å². The van der Waals surface area contributed by atoms with Crippen molar-refractivity contribution < 1.29 is 29.3 Å². The van der Waals surface area contributed by atoms with E-state index in [1.165, 1.54) is 5.57 Å². The van der Waals surface area contributed by atoms with Gasteiger partial charge in [0.2, 0.25) is 0 Å². The lowest BCUT2D eigenvalue weighted by Gasteiger charge is -2.55. The number of allylic oxidation sites excluding steroid dienone is 4. The van der Waals surface area contributed by atoms with Crippen LogP contribution in [0.25, 0.3) is 0 Å². The molecule has 1 aromatic carbocycles. The van der Waals surface area contributed by atoms with Gasteiger partial charge in [-0.1, -0.05) is 36.8 Å². The summed E-state index contributed by atoms with van der Waals surface area (Å²) in [7, 11) is 0. The van der Waals surface area contributed by atoms with Gasteiger partial charge in [-0.05, 0) is 112 Å². The summed E-state index contributed by atoms with van der Waals surface area (Å²) in [5.41, 5.74) is 1.77. The normalized spacial score (nSPS) is 36.0. The van der Waals surface area contributed by atoms with Crippen LogP contribution < -0.4 is 0 Å². The molecule has 1 aromatic rings. The molecule has 2 N–H and O–H groups in total. The molecule has 0 radical (unpaired) electrons. The van der Waals surface area contributed by atoms with Crippen LogP contribution >= 0.6 is 0 Å². The van der Waals surface area contributed by atoms with E-state index in [0.717, 1.165) is 61.6 Å². The van der Waals surface area contributed by atoms with E-state index < -0.39 is 23.0 Å². The number of ether oxygens (including phenoxy) is 2. The maximum atomic E-state index is 13.1. The molecule has 0 amide bonds. The first kappa shape index (κ1) is 26.6. The molecule has 210 valence electrons. The first-order valence-corrected chi connectivity index (χ1v) is 15.0. The zero-order valence-electron chi connectivity index (χ0n) is 23.5. The van der Waals surface area contributed by atoms with Crippen molar-refractivity contribution in [2.45, 2.75) is 84.2 Å². The third-order valence-electron chi connectivity index (χ3n) is 11.3. The number of carbonyl (C=O) groups is 2. The van der Waals surface area contributed by atoms with Crippen LogP contribution in [0.5, 0.6) is 0 Å². The minimum atomic E-state index is -1.36. The lowest BCUT2D eigenvalue weighted by Crippen LogP contribution is -2.50. The van der Waals surface area contributed by atoms with Gasteiger partial charge in [0.15, 0.2) is 5.41 Å². The van der Waals surface area contributed by atoms with Gasteiger partial charge in [0.1, 0.15) is 0 Å². The van der Waals surface area contributed by atoms with E-state index >= 15 is 0 Å². The Labute approximate surface area is 231 Å². The highest BCUT2D eigenvalue weighted by Crippen LogP contribution is 2.67. The number of hydrogen-bond donors (Lipinski definition) is 2. The molecule has 0 aliphatic heterocycles. The fourth-order valence-electron chi connectivity index (χ4n) is 9.29. The summed E-state index contributed by atoms with van der Waals surface area (Å²) in [5.74, 6) is 1.46. The van der Waals surface area contributed by atoms with Crippen molar-refractivity contribution in [3.63, 3.8) is 0 Å². The van der Waals surface area contributed by atoms with Crippen molar-refractivity contribution in [2.24, 2.45) is 34.5 Å². The summed E-state index contributed by atoms with van der Waals surface area (Å²) in [6, 6.07) is 6.09. The average Bonchev–Trinajstić information content (AvgIpc) is 3.45. The van der Waals surface area contributed by atoms with Gasteiger partial charge in [0.05, 0.1) is 24.6 Å². The molecule has 0 aromatic heterocycles. The summed E-state index contributed by atoms with van der Waals surface area (Å²) in [4.78, 5) is 26.1. The Hall–Kier alpha value is -2.60. The van der Waals surface area contributed by atoms with Crippen molar-refractivity contribution in [3.8, 4) is 0 Å². The van der Waals surface area contributed by atoms with Crippen LogP contribution in [-0.2, 0) is 37.5 Å².